The summed E-state index contributed by atoms with van der Waals surface area (Å²) in [4.78, 5) is 25.1. The molecule has 4 aromatic rings. The number of hydrogen-bond acceptors (Lipinski definition) is 3. The average Bonchev–Trinajstić information content (AvgIpc) is 3.19. The molecule has 8 heteroatoms. The second kappa shape index (κ2) is 8.59. The number of nitrogens with zero attached hydrogens (tertiary/aromatic N) is 3. The molecule has 0 saturated carbocycles. The molecule has 0 saturated heterocycles. The van der Waals surface area contributed by atoms with Gasteiger partial charge in [0.1, 0.15) is 12.9 Å². The van der Waals surface area contributed by atoms with Gasteiger partial charge in [-0.1, -0.05) is 48.5 Å². The second-order valence-corrected chi connectivity index (χ2v) is 7.10. The molecule has 0 bridgehead atoms. The molecule has 2 aromatic carbocycles. The van der Waals surface area contributed by atoms with Gasteiger partial charge in [-0.25, -0.2) is 9.97 Å². The average molecular weight is 424 g/mol. The molecule has 31 heavy (non-hydrogen) atoms. The zero-order valence-corrected chi connectivity index (χ0v) is 16.4. The Bertz CT molecular complexity index is 1190. The first-order valence-electron chi connectivity index (χ1n) is 9.69. The van der Waals surface area contributed by atoms with E-state index in [1.807, 2.05) is 30.3 Å². The summed E-state index contributed by atoms with van der Waals surface area (Å²) >= 11 is 0. The summed E-state index contributed by atoms with van der Waals surface area (Å²) in [5.41, 5.74) is 2.73. The van der Waals surface area contributed by atoms with E-state index in [1.165, 1.54) is 12.5 Å². The van der Waals surface area contributed by atoms with Crippen LogP contribution in [0.5, 0.6) is 0 Å². The molecule has 0 spiro atoms. The van der Waals surface area contributed by atoms with E-state index in [-0.39, 0.29) is 18.5 Å². The SMILES string of the molecule is O=C(c1cncnc1-c1ccccc1)N(CCc1c[nH]c2ccccc12)CC(F)(F)F. The molecule has 2 aromatic heterocycles. The molecule has 0 aliphatic carbocycles. The highest BCUT2D eigenvalue weighted by molar-refractivity contribution is 5.99. The molecule has 1 N–H and O–H groups in total. The number of carbonyl (C=O) groups excluding carboxylic acids is 1. The predicted octanol–water partition coefficient (Wildman–Crippen LogP) is 4.87. The van der Waals surface area contributed by atoms with Gasteiger partial charge in [0, 0.05) is 35.4 Å². The lowest BCUT2D eigenvalue weighted by atomic mass is 10.1. The van der Waals surface area contributed by atoms with Crippen molar-refractivity contribution in [2.24, 2.45) is 0 Å². The fourth-order valence-corrected chi connectivity index (χ4v) is 3.55. The Morgan fingerprint density at radius 1 is 1.03 bits per heavy atom. The molecular formula is C23H19F3N4O. The topological polar surface area (TPSA) is 61.9 Å². The number of rotatable bonds is 6. The third-order valence-electron chi connectivity index (χ3n) is 4.97. The Kier molecular flexibility index (Phi) is 5.70. The Hall–Kier alpha value is -3.68. The largest absolute Gasteiger partial charge is 0.406 e. The number of amides is 1. The number of carbonyl (C=O) groups is 1. The lowest BCUT2D eigenvalue weighted by molar-refractivity contribution is -0.140. The number of benzene rings is 2. The Morgan fingerprint density at radius 3 is 2.55 bits per heavy atom. The molecular weight excluding hydrogens is 405 g/mol. The summed E-state index contributed by atoms with van der Waals surface area (Å²) in [5, 5.41) is 0.926. The number of hydrogen-bond donors (Lipinski definition) is 1. The number of para-hydroxylation sites is 1. The molecule has 0 aliphatic rings. The van der Waals surface area contributed by atoms with Crippen LogP contribution in [0.3, 0.4) is 0 Å². The van der Waals surface area contributed by atoms with Crippen LogP contribution in [0.15, 0.2) is 73.3 Å². The molecule has 0 atom stereocenters. The third kappa shape index (κ3) is 4.74. The Balaban J connectivity index is 1.63. The summed E-state index contributed by atoms with van der Waals surface area (Å²) < 4.78 is 39.9. The first-order valence-corrected chi connectivity index (χ1v) is 9.69. The zero-order valence-electron chi connectivity index (χ0n) is 16.4. The van der Waals surface area contributed by atoms with Crippen molar-refractivity contribution < 1.29 is 18.0 Å². The number of nitrogens with one attached hydrogen (secondary N) is 1. The van der Waals surface area contributed by atoms with Crippen LogP contribution in [-0.2, 0) is 6.42 Å². The van der Waals surface area contributed by atoms with E-state index in [1.54, 1.807) is 30.5 Å². The highest BCUT2D eigenvalue weighted by Gasteiger charge is 2.34. The van der Waals surface area contributed by atoms with E-state index in [2.05, 4.69) is 15.0 Å². The first-order chi connectivity index (χ1) is 14.9. The van der Waals surface area contributed by atoms with Gasteiger partial charge < -0.3 is 9.88 Å². The normalized spacial score (nSPS) is 11.6. The number of fused-ring (bicyclic) bond motifs is 1. The Morgan fingerprint density at radius 2 is 1.77 bits per heavy atom. The second-order valence-electron chi connectivity index (χ2n) is 7.10. The molecule has 2 heterocycles. The molecule has 5 nitrogen and oxygen atoms in total. The van der Waals surface area contributed by atoms with E-state index in [4.69, 9.17) is 0 Å². The zero-order chi connectivity index (χ0) is 21.8. The smallest absolute Gasteiger partial charge is 0.361 e. The van der Waals surface area contributed by atoms with Crippen LogP contribution in [0, 0.1) is 0 Å². The van der Waals surface area contributed by atoms with Crippen molar-refractivity contribution in [3.05, 3.63) is 84.4 Å². The van der Waals surface area contributed by atoms with Crippen LogP contribution in [0.2, 0.25) is 0 Å². The molecule has 158 valence electrons. The first kappa shape index (κ1) is 20.6. The molecule has 0 radical (unpaired) electrons. The number of H-pyrrole nitrogens is 1. The van der Waals surface area contributed by atoms with Crippen LogP contribution in [0.25, 0.3) is 22.2 Å². The predicted molar refractivity (Wildman–Crippen MR) is 111 cm³/mol. The summed E-state index contributed by atoms with van der Waals surface area (Å²) in [5.74, 6) is -0.753. The maximum absolute atomic E-state index is 13.3. The van der Waals surface area contributed by atoms with Crippen molar-refractivity contribution >= 4 is 16.8 Å². The summed E-state index contributed by atoms with van der Waals surface area (Å²) in [6, 6.07) is 16.4. The van der Waals surface area contributed by atoms with Gasteiger partial charge in [-0.15, -0.1) is 0 Å². The summed E-state index contributed by atoms with van der Waals surface area (Å²) in [6.07, 6.45) is 0.0619. The van der Waals surface area contributed by atoms with E-state index in [0.717, 1.165) is 21.4 Å². The minimum absolute atomic E-state index is 0.0388. The van der Waals surface area contributed by atoms with Crippen LogP contribution in [-0.4, -0.2) is 45.0 Å². The van der Waals surface area contributed by atoms with Crippen molar-refractivity contribution in [1.29, 1.82) is 0 Å². The highest BCUT2D eigenvalue weighted by Crippen LogP contribution is 2.25. The van der Waals surface area contributed by atoms with Gasteiger partial charge >= 0.3 is 6.18 Å². The minimum Gasteiger partial charge on any atom is -0.361 e. The number of aromatic amines is 1. The summed E-state index contributed by atoms with van der Waals surface area (Å²) in [6.45, 7) is -1.44. The Labute approximate surface area is 176 Å². The minimum atomic E-state index is -4.53. The quantitative estimate of drug-likeness (QED) is 0.480. The van der Waals surface area contributed by atoms with E-state index < -0.39 is 18.6 Å². The molecule has 0 aliphatic heterocycles. The maximum Gasteiger partial charge on any atom is 0.406 e. The van der Waals surface area contributed by atoms with Gasteiger partial charge in [0.15, 0.2) is 0 Å². The molecule has 0 unspecified atom stereocenters. The van der Waals surface area contributed by atoms with Crippen molar-refractivity contribution in [1.82, 2.24) is 19.9 Å². The van der Waals surface area contributed by atoms with Crippen molar-refractivity contribution in [2.45, 2.75) is 12.6 Å². The lowest BCUT2D eigenvalue weighted by Crippen LogP contribution is -2.40. The maximum atomic E-state index is 13.3. The van der Waals surface area contributed by atoms with E-state index in [9.17, 15) is 18.0 Å². The molecule has 0 fully saturated rings. The standard InChI is InChI=1S/C23H19F3N4O/c24-23(25,26)14-30(11-10-17-12-28-20-9-5-4-8-18(17)20)22(31)19-13-27-15-29-21(19)16-6-2-1-3-7-16/h1-9,12-13,15,28H,10-11,14H2. The number of halogens is 3. The van der Waals surface area contributed by atoms with Gasteiger partial charge in [0.25, 0.3) is 5.91 Å². The summed E-state index contributed by atoms with van der Waals surface area (Å²) in [7, 11) is 0. The fraction of sp³-hybridized carbons (Fsp3) is 0.174. The van der Waals surface area contributed by atoms with Crippen molar-refractivity contribution in [3.8, 4) is 11.3 Å². The fourth-order valence-electron chi connectivity index (χ4n) is 3.55. The van der Waals surface area contributed by atoms with Gasteiger partial charge in [-0.3, -0.25) is 4.79 Å². The highest BCUT2D eigenvalue weighted by atomic mass is 19.4. The van der Waals surface area contributed by atoms with Gasteiger partial charge in [0.2, 0.25) is 0 Å². The van der Waals surface area contributed by atoms with Gasteiger partial charge in [-0.05, 0) is 18.1 Å². The van der Waals surface area contributed by atoms with Crippen molar-refractivity contribution in [2.75, 3.05) is 13.1 Å². The van der Waals surface area contributed by atoms with Crippen LogP contribution < -0.4 is 0 Å². The number of aromatic nitrogens is 3. The molecule has 4 rings (SSSR count). The third-order valence-corrected chi connectivity index (χ3v) is 4.97. The van der Waals surface area contributed by atoms with Crippen molar-refractivity contribution in [3.63, 3.8) is 0 Å². The van der Waals surface area contributed by atoms with Gasteiger partial charge in [0.05, 0.1) is 11.3 Å². The van der Waals surface area contributed by atoms with Crippen LogP contribution >= 0.6 is 0 Å². The molecule has 1 amide bonds. The number of alkyl halides is 3. The lowest BCUT2D eigenvalue weighted by Gasteiger charge is -2.24. The van der Waals surface area contributed by atoms with E-state index >= 15 is 0 Å². The monoisotopic (exact) mass is 424 g/mol. The van der Waals surface area contributed by atoms with Crippen LogP contribution in [0.4, 0.5) is 13.2 Å². The van der Waals surface area contributed by atoms with Gasteiger partial charge in [-0.2, -0.15) is 13.2 Å². The van der Waals surface area contributed by atoms with E-state index in [0.29, 0.717) is 11.3 Å². The van der Waals surface area contributed by atoms with Crippen LogP contribution in [0.1, 0.15) is 15.9 Å².